The second kappa shape index (κ2) is 5.98. The molecule has 4 heteroatoms. The minimum atomic E-state index is -0.0649. The predicted octanol–water partition coefficient (Wildman–Crippen LogP) is 4.11. The van der Waals surface area contributed by atoms with E-state index in [-0.39, 0.29) is 11.0 Å². The number of nitrogens with zero attached hydrogens (tertiary/aromatic N) is 2. The zero-order valence-electron chi connectivity index (χ0n) is 14.3. The van der Waals surface area contributed by atoms with Gasteiger partial charge in [-0.1, -0.05) is 34.6 Å². The number of rotatable bonds is 5. The van der Waals surface area contributed by atoms with Gasteiger partial charge >= 0.3 is 0 Å². The van der Waals surface area contributed by atoms with E-state index in [0.29, 0.717) is 0 Å². The molecule has 0 aromatic carbocycles. The van der Waals surface area contributed by atoms with E-state index >= 15 is 0 Å². The topological polar surface area (TPSA) is 49.8 Å². The summed E-state index contributed by atoms with van der Waals surface area (Å²) in [5.74, 6) is 2.71. The molecule has 0 aliphatic rings. The molecule has 4 nitrogen and oxygen atoms in total. The van der Waals surface area contributed by atoms with Gasteiger partial charge in [0.05, 0.1) is 0 Å². The summed E-state index contributed by atoms with van der Waals surface area (Å²) in [6, 6.07) is 0. The van der Waals surface area contributed by atoms with Crippen LogP contribution in [0.15, 0.2) is 0 Å². The van der Waals surface area contributed by atoms with E-state index in [1.807, 2.05) is 7.05 Å². The Hall–Kier alpha value is -1.32. The van der Waals surface area contributed by atoms with Gasteiger partial charge in [0.1, 0.15) is 17.5 Å². The Kier molecular flexibility index (Phi) is 5.00. The molecule has 0 aliphatic carbocycles. The maximum absolute atomic E-state index is 4.77. The van der Waals surface area contributed by atoms with E-state index in [2.05, 4.69) is 64.1 Å². The molecule has 1 rings (SSSR count). The van der Waals surface area contributed by atoms with Crippen LogP contribution in [0.1, 0.15) is 65.8 Å². The number of aromatic nitrogens is 2. The fraction of sp³-hybridized carbons (Fsp3) is 0.750. The van der Waals surface area contributed by atoms with Crippen molar-refractivity contribution in [1.29, 1.82) is 0 Å². The van der Waals surface area contributed by atoms with Gasteiger partial charge in [0.2, 0.25) is 0 Å². The van der Waals surface area contributed by atoms with Crippen LogP contribution in [0.4, 0.5) is 11.6 Å². The molecule has 20 heavy (non-hydrogen) atoms. The van der Waals surface area contributed by atoms with E-state index in [4.69, 9.17) is 4.98 Å². The lowest BCUT2D eigenvalue weighted by atomic mass is 9.94. The molecule has 2 N–H and O–H groups in total. The Labute approximate surface area is 123 Å². The quantitative estimate of drug-likeness (QED) is 0.851. The van der Waals surface area contributed by atoms with Crippen molar-refractivity contribution in [2.45, 2.75) is 72.3 Å². The minimum Gasteiger partial charge on any atom is -0.373 e. The van der Waals surface area contributed by atoms with Crippen LogP contribution in [0.25, 0.3) is 0 Å². The summed E-state index contributed by atoms with van der Waals surface area (Å²) in [6.07, 6.45) is 2.12. The van der Waals surface area contributed by atoms with Crippen LogP contribution in [-0.2, 0) is 5.41 Å². The van der Waals surface area contributed by atoms with Gasteiger partial charge in [-0.3, -0.25) is 0 Å². The van der Waals surface area contributed by atoms with Crippen LogP contribution in [0, 0.1) is 6.92 Å². The molecule has 0 amide bonds. The number of anilines is 2. The summed E-state index contributed by atoms with van der Waals surface area (Å²) in [4.78, 5) is 9.41. The van der Waals surface area contributed by atoms with E-state index < -0.39 is 0 Å². The first-order chi connectivity index (χ1) is 9.16. The molecule has 0 unspecified atom stereocenters. The van der Waals surface area contributed by atoms with Crippen molar-refractivity contribution in [1.82, 2.24) is 9.97 Å². The smallest absolute Gasteiger partial charge is 0.138 e. The molecule has 0 fully saturated rings. The van der Waals surface area contributed by atoms with Gasteiger partial charge in [-0.05, 0) is 26.7 Å². The third kappa shape index (κ3) is 3.62. The van der Waals surface area contributed by atoms with Gasteiger partial charge < -0.3 is 10.6 Å². The Bertz CT molecular complexity index is 456. The number of hydrogen-bond donors (Lipinski definition) is 2. The number of hydrogen-bond acceptors (Lipinski definition) is 4. The van der Waals surface area contributed by atoms with E-state index in [0.717, 1.165) is 35.9 Å². The van der Waals surface area contributed by atoms with Crippen LogP contribution in [-0.4, -0.2) is 22.6 Å². The van der Waals surface area contributed by atoms with Gasteiger partial charge in [0.25, 0.3) is 0 Å². The summed E-state index contributed by atoms with van der Waals surface area (Å²) in [5, 5.41) is 6.80. The molecule has 0 atom stereocenters. The lowest BCUT2D eigenvalue weighted by molar-refractivity contribution is 0.474. The maximum atomic E-state index is 4.77. The summed E-state index contributed by atoms with van der Waals surface area (Å²) in [6.45, 7) is 15.1. The van der Waals surface area contributed by atoms with Crippen molar-refractivity contribution in [2.75, 3.05) is 17.7 Å². The highest BCUT2D eigenvalue weighted by Gasteiger charge is 2.25. The average Bonchev–Trinajstić information content (AvgIpc) is 2.39. The molecule has 0 saturated carbocycles. The largest absolute Gasteiger partial charge is 0.373 e. The first kappa shape index (κ1) is 16.7. The average molecular weight is 278 g/mol. The number of nitrogens with one attached hydrogen (secondary N) is 2. The molecule has 0 saturated heterocycles. The van der Waals surface area contributed by atoms with E-state index in [9.17, 15) is 0 Å². The standard InChI is InChI=1S/C16H30N4/c1-9-16(7,10-2)20-13-11(3)12(17-8)18-14(19-13)15(4,5)6/h9-10H2,1-8H3,(H2,17,18,19,20). The van der Waals surface area contributed by atoms with Crippen molar-refractivity contribution in [2.24, 2.45) is 0 Å². The lowest BCUT2D eigenvalue weighted by Gasteiger charge is -2.31. The monoisotopic (exact) mass is 278 g/mol. The molecule has 1 aromatic rings. The zero-order valence-corrected chi connectivity index (χ0v) is 14.3. The van der Waals surface area contributed by atoms with Gasteiger partial charge in [0, 0.05) is 23.6 Å². The zero-order chi connectivity index (χ0) is 15.6. The highest BCUT2D eigenvalue weighted by Crippen LogP contribution is 2.29. The van der Waals surface area contributed by atoms with Crippen molar-refractivity contribution >= 4 is 11.6 Å². The molecule has 1 aromatic heterocycles. The summed E-state index contributed by atoms with van der Waals surface area (Å²) in [7, 11) is 1.91. The van der Waals surface area contributed by atoms with E-state index in [1.165, 1.54) is 0 Å². The van der Waals surface area contributed by atoms with Crippen molar-refractivity contribution in [3.8, 4) is 0 Å². The minimum absolute atomic E-state index is 0.0649. The third-order valence-electron chi connectivity index (χ3n) is 4.03. The third-order valence-corrected chi connectivity index (χ3v) is 4.03. The molecule has 1 heterocycles. The molecule has 0 aliphatic heterocycles. The lowest BCUT2D eigenvalue weighted by Crippen LogP contribution is -2.34. The van der Waals surface area contributed by atoms with E-state index in [1.54, 1.807) is 0 Å². The summed E-state index contributed by atoms with van der Waals surface area (Å²) in [5.41, 5.74) is 1.08. The SMILES string of the molecule is CCC(C)(CC)Nc1nc(C(C)(C)C)nc(NC)c1C. The van der Waals surface area contributed by atoms with Gasteiger partial charge in [-0.25, -0.2) is 9.97 Å². The molecular formula is C16H30N4. The summed E-state index contributed by atoms with van der Waals surface area (Å²) >= 11 is 0. The van der Waals surface area contributed by atoms with Gasteiger partial charge in [-0.2, -0.15) is 0 Å². The molecule has 114 valence electrons. The fourth-order valence-corrected chi connectivity index (χ4v) is 1.93. The Morgan fingerprint density at radius 2 is 1.45 bits per heavy atom. The Morgan fingerprint density at radius 1 is 0.950 bits per heavy atom. The highest BCUT2D eigenvalue weighted by molar-refractivity contribution is 5.58. The summed E-state index contributed by atoms with van der Waals surface area (Å²) < 4.78 is 0. The first-order valence-electron chi connectivity index (χ1n) is 7.52. The molecular weight excluding hydrogens is 248 g/mol. The Morgan fingerprint density at radius 3 is 1.85 bits per heavy atom. The highest BCUT2D eigenvalue weighted by atomic mass is 15.1. The van der Waals surface area contributed by atoms with Crippen LogP contribution >= 0.6 is 0 Å². The maximum Gasteiger partial charge on any atom is 0.138 e. The molecule has 0 radical (unpaired) electrons. The van der Waals surface area contributed by atoms with Gasteiger partial charge in [0.15, 0.2) is 0 Å². The van der Waals surface area contributed by atoms with Crippen LogP contribution in [0.2, 0.25) is 0 Å². The normalized spacial score (nSPS) is 12.4. The van der Waals surface area contributed by atoms with Crippen LogP contribution in [0.3, 0.4) is 0 Å². The van der Waals surface area contributed by atoms with Crippen LogP contribution in [0.5, 0.6) is 0 Å². The predicted molar refractivity (Wildman–Crippen MR) is 87.6 cm³/mol. The molecule has 0 spiro atoms. The molecule has 0 bridgehead atoms. The van der Waals surface area contributed by atoms with Crippen molar-refractivity contribution in [3.05, 3.63) is 11.4 Å². The Balaban J connectivity index is 3.31. The fourth-order valence-electron chi connectivity index (χ4n) is 1.93. The first-order valence-corrected chi connectivity index (χ1v) is 7.52. The second-order valence-electron chi connectivity index (χ2n) is 6.76. The van der Waals surface area contributed by atoms with Crippen molar-refractivity contribution in [3.63, 3.8) is 0 Å². The van der Waals surface area contributed by atoms with Crippen molar-refractivity contribution < 1.29 is 0 Å². The second-order valence-corrected chi connectivity index (χ2v) is 6.76. The van der Waals surface area contributed by atoms with Gasteiger partial charge in [-0.15, -0.1) is 0 Å². The van der Waals surface area contributed by atoms with Crippen LogP contribution < -0.4 is 10.6 Å².